The molecule has 1 aliphatic heterocycles. The van der Waals surface area contributed by atoms with E-state index in [-0.39, 0.29) is 11.8 Å². The summed E-state index contributed by atoms with van der Waals surface area (Å²) >= 11 is 1.40. The number of benzene rings is 2. The maximum Gasteiger partial charge on any atom is 0.252 e. The van der Waals surface area contributed by atoms with Crippen molar-refractivity contribution in [2.45, 2.75) is 37.2 Å². The van der Waals surface area contributed by atoms with Crippen LogP contribution in [0, 0.1) is 0 Å². The Balaban J connectivity index is 1.53. The minimum absolute atomic E-state index is 0.0293. The van der Waals surface area contributed by atoms with E-state index in [0.717, 1.165) is 17.0 Å². The maximum atomic E-state index is 12.7. The van der Waals surface area contributed by atoms with E-state index in [2.05, 4.69) is 29.6 Å². The van der Waals surface area contributed by atoms with Gasteiger partial charge in [-0.1, -0.05) is 36.4 Å². The molecule has 2 amide bonds. The zero-order valence-corrected chi connectivity index (χ0v) is 18.8. The topological polar surface area (TPSA) is 53.9 Å². The zero-order valence-electron chi connectivity index (χ0n) is 17.9. The molecule has 0 atom stereocenters. The molecule has 2 aromatic carbocycles. The Bertz CT molecular complexity index is 846. The van der Waals surface area contributed by atoms with Crippen molar-refractivity contribution in [1.29, 1.82) is 0 Å². The van der Waals surface area contributed by atoms with Crippen LogP contribution in [0.3, 0.4) is 0 Å². The number of nitrogens with one attached hydrogen (secondary N) is 2. The number of quaternary nitrogens is 1. The molecule has 0 aromatic heterocycles. The molecule has 0 aliphatic carbocycles. The standard InChI is InChI=1S/C24H31N3O2S/c1-26(2)23(28)18-30-22-9-5-4-8-21(22)24(29)25-16-19-10-12-20(13-11-19)17-27-14-6-3-7-15-27/h4-5,8-13H,3,6-7,14-18H2,1-2H3,(H,25,29)/p+1. The van der Waals surface area contributed by atoms with E-state index in [1.165, 1.54) is 49.7 Å². The molecular formula is C24H32N3O2S+. The summed E-state index contributed by atoms with van der Waals surface area (Å²) in [5, 5.41) is 3.01. The summed E-state index contributed by atoms with van der Waals surface area (Å²) in [6.07, 6.45) is 4.04. The summed E-state index contributed by atoms with van der Waals surface area (Å²) in [5.41, 5.74) is 3.06. The van der Waals surface area contributed by atoms with Gasteiger partial charge in [0.05, 0.1) is 24.4 Å². The quantitative estimate of drug-likeness (QED) is 0.637. The number of hydrogen-bond acceptors (Lipinski definition) is 3. The first kappa shape index (κ1) is 22.4. The highest BCUT2D eigenvalue weighted by Crippen LogP contribution is 2.23. The van der Waals surface area contributed by atoms with Crippen LogP contribution in [0.1, 0.15) is 40.7 Å². The van der Waals surface area contributed by atoms with Gasteiger partial charge in [0.15, 0.2) is 0 Å². The van der Waals surface area contributed by atoms with Gasteiger partial charge < -0.3 is 15.1 Å². The summed E-state index contributed by atoms with van der Waals surface area (Å²) in [4.78, 5) is 28.6. The van der Waals surface area contributed by atoms with E-state index in [9.17, 15) is 9.59 Å². The fourth-order valence-corrected chi connectivity index (χ4v) is 4.65. The molecule has 1 fully saturated rings. The first-order valence-corrected chi connectivity index (χ1v) is 11.6. The van der Waals surface area contributed by atoms with E-state index in [1.54, 1.807) is 23.9 Å². The van der Waals surface area contributed by atoms with Crippen LogP contribution in [0.5, 0.6) is 0 Å². The minimum Gasteiger partial charge on any atom is -0.348 e. The van der Waals surface area contributed by atoms with Crippen LogP contribution in [0.4, 0.5) is 0 Å². The second-order valence-electron chi connectivity index (χ2n) is 8.06. The first-order valence-electron chi connectivity index (χ1n) is 10.6. The summed E-state index contributed by atoms with van der Waals surface area (Å²) in [7, 11) is 3.47. The van der Waals surface area contributed by atoms with E-state index in [1.807, 2.05) is 24.3 Å². The van der Waals surface area contributed by atoms with Crippen LogP contribution in [0.25, 0.3) is 0 Å². The highest BCUT2D eigenvalue weighted by Gasteiger charge is 2.15. The van der Waals surface area contributed by atoms with Gasteiger partial charge in [-0.15, -0.1) is 11.8 Å². The molecular weight excluding hydrogens is 394 g/mol. The van der Waals surface area contributed by atoms with Crippen molar-refractivity contribution < 1.29 is 14.5 Å². The Morgan fingerprint density at radius 2 is 1.63 bits per heavy atom. The van der Waals surface area contributed by atoms with Gasteiger partial charge in [0.25, 0.3) is 5.91 Å². The average Bonchev–Trinajstić information content (AvgIpc) is 2.77. The number of likely N-dealkylation sites (tertiary alicyclic amines) is 1. The Hall–Kier alpha value is -2.31. The molecule has 0 spiro atoms. The second-order valence-corrected chi connectivity index (χ2v) is 9.08. The molecule has 1 saturated heterocycles. The van der Waals surface area contributed by atoms with Crippen LogP contribution >= 0.6 is 11.8 Å². The lowest BCUT2D eigenvalue weighted by Crippen LogP contribution is -3.11. The fourth-order valence-electron chi connectivity index (χ4n) is 3.62. The second kappa shape index (κ2) is 11.2. The summed E-state index contributed by atoms with van der Waals surface area (Å²) in [6.45, 7) is 4.12. The third-order valence-electron chi connectivity index (χ3n) is 5.47. The molecule has 0 saturated carbocycles. The number of carbonyl (C=O) groups is 2. The molecule has 5 nitrogen and oxygen atoms in total. The van der Waals surface area contributed by atoms with Crippen molar-refractivity contribution in [1.82, 2.24) is 10.2 Å². The number of hydrogen-bond donors (Lipinski definition) is 2. The van der Waals surface area contributed by atoms with Crippen molar-refractivity contribution in [3.63, 3.8) is 0 Å². The SMILES string of the molecule is CN(C)C(=O)CSc1ccccc1C(=O)NCc1ccc(C[NH+]2CCCCC2)cc1. The number of thioether (sulfide) groups is 1. The normalized spacial score (nSPS) is 14.3. The van der Waals surface area contributed by atoms with Crippen LogP contribution < -0.4 is 10.2 Å². The molecule has 0 unspecified atom stereocenters. The number of amides is 2. The predicted molar refractivity (Wildman–Crippen MR) is 122 cm³/mol. The van der Waals surface area contributed by atoms with E-state index < -0.39 is 0 Å². The average molecular weight is 427 g/mol. The molecule has 0 radical (unpaired) electrons. The Morgan fingerprint density at radius 1 is 0.967 bits per heavy atom. The number of carbonyl (C=O) groups excluding carboxylic acids is 2. The van der Waals surface area contributed by atoms with E-state index >= 15 is 0 Å². The van der Waals surface area contributed by atoms with Crippen LogP contribution in [0.2, 0.25) is 0 Å². The number of nitrogens with zero attached hydrogens (tertiary/aromatic N) is 1. The van der Waals surface area contributed by atoms with Crippen molar-refractivity contribution >= 4 is 23.6 Å². The zero-order chi connectivity index (χ0) is 21.3. The molecule has 160 valence electrons. The molecule has 0 bridgehead atoms. The predicted octanol–water partition coefficient (Wildman–Crippen LogP) is 2.37. The highest BCUT2D eigenvalue weighted by atomic mass is 32.2. The molecule has 6 heteroatoms. The minimum atomic E-state index is -0.114. The fraction of sp³-hybridized carbons (Fsp3) is 0.417. The Morgan fingerprint density at radius 3 is 2.33 bits per heavy atom. The van der Waals surface area contributed by atoms with Gasteiger partial charge >= 0.3 is 0 Å². The molecule has 1 aliphatic rings. The van der Waals surface area contributed by atoms with Gasteiger partial charge in [0.2, 0.25) is 5.91 Å². The number of rotatable bonds is 8. The molecule has 2 N–H and O–H groups in total. The van der Waals surface area contributed by atoms with Crippen molar-refractivity contribution in [2.24, 2.45) is 0 Å². The van der Waals surface area contributed by atoms with Crippen molar-refractivity contribution in [2.75, 3.05) is 32.9 Å². The molecule has 3 rings (SSSR count). The lowest BCUT2D eigenvalue weighted by molar-refractivity contribution is -0.918. The Labute approximate surface area is 183 Å². The van der Waals surface area contributed by atoms with Gasteiger partial charge in [-0.2, -0.15) is 0 Å². The van der Waals surface area contributed by atoms with Crippen LogP contribution in [0.15, 0.2) is 53.4 Å². The summed E-state index contributed by atoms with van der Waals surface area (Å²) < 4.78 is 0. The van der Waals surface area contributed by atoms with Gasteiger partial charge in [0.1, 0.15) is 6.54 Å². The summed E-state index contributed by atoms with van der Waals surface area (Å²) in [6, 6.07) is 16.0. The van der Waals surface area contributed by atoms with Gasteiger partial charge in [-0.3, -0.25) is 9.59 Å². The number of piperidine rings is 1. The van der Waals surface area contributed by atoms with Gasteiger partial charge in [0, 0.05) is 31.1 Å². The smallest absolute Gasteiger partial charge is 0.252 e. The monoisotopic (exact) mass is 426 g/mol. The third-order valence-corrected chi connectivity index (χ3v) is 6.53. The van der Waals surface area contributed by atoms with Gasteiger partial charge in [-0.05, 0) is 37.0 Å². The molecule has 1 heterocycles. The van der Waals surface area contributed by atoms with Crippen LogP contribution in [-0.2, 0) is 17.9 Å². The van der Waals surface area contributed by atoms with Crippen LogP contribution in [-0.4, -0.2) is 49.7 Å². The first-order chi connectivity index (χ1) is 14.5. The summed E-state index contributed by atoms with van der Waals surface area (Å²) in [5.74, 6) is 0.233. The molecule has 30 heavy (non-hydrogen) atoms. The van der Waals surface area contributed by atoms with Gasteiger partial charge in [-0.25, -0.2) is 0 Å². The maximum absolute atomic E-state index is 12.7. The van der Waals surface area contributed by atoms with Crippen molar-refractivity contribution in [3.05, 3.63) is 65.2 Å². The lowest BCUT2D eigenvalue weighted by atomic mass is 10.1. The Kier molecular flexibility index (Phi) is 8.34. The van der Waals surface area contributed by atoms with Crippen molar-refractivity contribution in [3.8, 4) is 0 Å². The van der Waals surface area contributed by atoms with E-state index in [0.29, 0.717) is 17.9 Å². The third kappa shape index (κ3) is 6.61. The largest absolute Gasteiger partial charge is 0.348 e. The highest BCUT2D eigenvalue weighted by molar-refractivity contribution is 8.00. The molecule has 2 aromatic rings. The lowest BCUT2D eigenvalue weighted by Gasteiger charge is -2.23. The van der Waals surface area contributed by atoms with E-state index in [4.69, 9.17) is 0 Å².